The molecule has 0 saturated carbocycles. The monoisotopic (exact) mass is 690 g/mol. The Morgan fingerprint density at radius 2 is 1.56 bits per heavy atom. The number of carbonyl (C=O) groups is 2. The number of aromatic nitrogens is 4. The Hall–Kier alpha value is -4.83. The van der Waals surface area contributed by atoms with Gasteiger partial charge < -0.3 is 44.9 Å². The normalized spacial score (nSPS) is 12.6. The van der Waals surface area contributed by atoms with E-state index >= 15 is 0 Å². The lowest BCUT2D eigenvalue weighted by molar-refractivity contribution is -0.133. The fraction of sp³-hybridized carbons (Fsp3) is 0.457. The number of hydrogen-bond donors (Lipinski definition) is 4. The number of hydrogen-bond acceptors (Lipinski definition) is 11. The molecule has 0 radical (unpaired) electrons. The zero-order valence-electron chi connectivity index (χ0n) is 28.9. The van der Waals surface area contributed by atoms with Gasteiger partial charge in [0.15, 0.2) is 11.5 Å². The largest absolute Gasteiger partial charge is 0.465 e. The van der Waals surface area contributed by atoms with Crippen LogP contribution < -0.4 is 16.0 Å². The minimum absolute atomic E-state index is 0.0552. The lowest BCUT2D eigenvalue weighted by atomic mass is 9.99. The third-order valence-electron chi connectivity index (χ3n) is 8.23. The first-order chi connectivity index (χ1) is 24.3. The quantitative estimate of drug-likeness (QED) is 0.104. The third-order valence-corrected chi connectivity index (χ3v) is 8.23. The third kappa shape index (κ3) is 10.3. The Bertz CT molecular complexity index is 1730. The summed E-state index contributed by atoms with van der Waals surface area (Å²) in [5, 5.41) is 23.0. The molecule has 3 heterocycles. The first kappa shape index (κ1) is 36.5. The van der Waals surface area contributed by atoms with E-state index in [0.29, 0.717) is 89.8 Å². The van der Waals surface area contributed by atoms with Gasteiger partial charge in [0.05, 0.1) is 64.7 Å². The molecule has 0 saturated heterocycles. The highest BCUT2D eigenvalue weighted by Gasteiger charge is 2.21. The van der Waals surface area contributed by atoms with Gasteiger partial charge in [-0.05, 0) is 54.7 Å². The number of benzene rings is 2. The average molecular weight is 691 g/mol. The van der Waals surface area contributed by atoms with Gasteiger partial charge in [-0.2, -0.15) is 10.1 Å². The predicted molar refractivity (Wildman–Crippen MR) is 188 cm³/mol. The van der Waals surface area contributed by atoms with E-state index in [1.807, 2.05) is 24.1 Å². The highest BCUT2D eigenvalue weighted by atomic mass is 16.6. The Morgan fingerprint density at radius 1 is 0.880 bits per heavy atom. The van der Waals surface area contributed by atoms with E-state index in [9.17, 15) is 9.59 Å². The topological polar surface area (TPSA) is 174 Å². The SMILES string of the molecule is Cc1cccc(C)c1Nc1nn(C)c2nc(Nc3ccc4c(c3)CN(C(=O)CCOCCOCCOCCOCCNC(=O)O)CC4)ncc12. The molecule has 15 nitrogen and oxygen atoms in total. The van der Waals surface area contributed by atoms with Crippen LogP contribution in [0.15, 0.2) is 42.6 Å². The number of ether oxygens (including phenoxy) is 4. The predicted octanol–water partition coefficient (Wildman–Crippen LogP) is 4.08. The average Bonchev–Trinajstić information content (AvgIpc) is 3.41. The molecule has 0 fully saturated rings. The summed E-state index contributed by atoms with van der Waals surface area (Å²) < 4.78 is 23.5. The minimum Gasteiger partial charge on any atom is -0.465 e. The van der Waals surface area contributed by atoms with Gasteiger partial charge in [-0.15, -0.1) is 0 Å². The van der Waals surface area contributed by atoms with Crippen molar-refractivity contribution < 1.29 is 33.6 Å². The maximum absolute atomic E-state index is 13.0. The molecule has 0 spiro atoms. The van der Waals surface area contributed by atoms with Crippen LogP contribution in [-0.2, 0) is 43.8 Å². The van der Waals surface area contributed by atoms with Gasteiger partial charge in [0.1, 0.15) is 0 Å². The Kier molecular flexibility index (Phi) is 13.3. The number of nitrogens with one attached hydrogen (secondary N) is 3. The van der Waals surface area contributed by atoms with Crippen molar-refractivity contribution in [1.29, 1.82) is 0 Å². The van der Waals surface area contributed by atoms with Crippen molar-refractivity contribution in [3.63, 3.8) is 0 Å². The number of carboxylic acid groups (broad SMARTS) is 1. The Labute approximate surface area is 291 Å². The van der Waals surface area contributed by atoms with Gasteiger partial charge in [0.25, 0.3) is 0 Å². The number of aryl methyl sites for hydroxylation is 3. The van der Waals surface area contributed by atoms with E-state index in [1.54, 1.807) is 10.9 Å². The first-order valence-electron chi connectivity index (χ1n) is 16.8. The summed E-state index contributed by atoms with van der Waals surface area (Å²) >= 11 is 0. The fourth-order valence-electron chi connectivity index (χ4n) is 5.61. The molecular weight excluding hydrogens is 644 g/mol. The number of amides is 2. The van der Waals surface area contributed by atoms with Crippen LogP contribution in [0.1, 0.15) is 28.7 Å². The Morgan fingerprint density at radius 3 is 2.26 bits per heavy atom. The van der Waals surface area contributed by atoms with Gasteiger partial charge in [-0.3, -0.25) is 4.79 Å². The van der Waals surface area contributed by atoms with E-state index in [-0.39, 0.29) is 12.5 Å². The first-order valence-corrected chi connectivity index (χ1v) is 16.8. The summed E-state index contributed by atoms with van der Waals surface area (Å²) in [5.41, 5.74) is 7.17. The summed E-state index contributed by atoms with van der Waals surface area (Å²) in [6, 6.07) is 12.3. The summed E-state index contributed by atoms with van der Waals surface area (Å²) in [7, 11) is 1.87. The summed E-state index contributed by atoms with van der Waals surface area (Å²) in [4.78, 5) is 34.5. The molecule has 2 amide bonds. The van der Waals surface area contributed by atoms with Crippen molar-refractivity contribution in [3.8, 4) is 0 Å². The molecule has 1 aliphatic rings. The van der Waals surface area contributed by atoms with Gasteiger partial charge >= 0.3 is 6.09 Å². The molecule has 4 N–H and O–H groups in total. The molecule has 5 rings (SSSR count). The number of anilines is 4. The summed E-state index contributed by atoms with van der Waals surface area (Å²) in [6.45, 7) is 8.62. The van der Waals surface area contributed by atoms with E-state index < -0.39 is 6.09 Å². The highest BCUT2D eigenvalue weighted by Crippen LogP contribution is 2.29. The van der Waals surface area contributed by atoms with Crippen molar-refractivity contribution in [2.24, 2.45) is 7.05 Å². The molecule has 0 unspecified atom stereocenters. The minimum atomic E-state index is -1.07. The molecule has 2 aromatic carbocycles. The molecule has 0 atom stereocenters. The number of nitrogens with zero attached hydrogens (tertiary/aromatic N) is 5. The van der Waals surface area contributed by atoms with Gasteiger partial charge in [-0.1, -0.05) is 24.3 Å². The van der Waals surface area contributed by atoms with E-state index in [4.69, 9.17) is 29.0 Å². The second-order valence-corrected chi connectivity index (χ2v) is 11.9. The second kappa shape index (κ2) is 18.2. The molecule has 4 aromatic rings. The maximum Gasteiger partial charge on any atom is 0.404 e. The van der Waals surface area contributed by atoms with Crippen LogP contribution in [0.5, 0.6) is 0 Å². The number of fused-ring (bicyclic) bond motifs is 2. The highest BCUT2D eigenvalue weighted by molar-refractivity contribution is 5.90. The molecule has 15 heteroatoms. The van der Waals surface area contributed by atoms with E-state index in [2.05, 4.69) is 64.1 Å². The van der Waals surface area contributed by atoms with Gasteiger partial charge in [0, 0.05) is 44.3 Å². The van der Waals surface area contributed by atoms with Crippen molar-refractivity contribution in [2.75, 3.05) is 76.6 Å². The zero-order chi connectivity index (χ0) is 35.3. The van der Waals surface area contributed by atoms with Crippen LogP contribution in [0.25, 0.3) is 11.0 Å². The number of rotatable bonds is 19. The fourth-order valence-corrected chi connectivity index (χ4v) is 5.61. The Balaban J connectivity index is 1.01. The second-order valence-electron chi connectivity index (χ2n) is 11.9. The molecular formula is C35H46N8O7. The molecule has 50 heavy (non-hydrogen) atoms. The van der Waals surface area contributed by atoms with Gasteiger partial charge in [0.2, 0.25) is 11.9 Å². The lowest BCUT2D eigenvalue weighted by Crippen LogP contribution is -2.36. The number of carbonyl (C=O) groups excluding carboxylic acids is 1. The van der Waals surface area contributed by atoms with Gasteiger partial charge in [-0.25, -0.2) is 14.5 Å². The van der Waals surface area contributed by atoms with Crippen molar-refractivity contribution in [1.82, 2.24) is 30.0 Å². The van der Waals surface area contributed by atoms with E-state index in [1.165, 1.54) is 5.56 Å². The standard InChI is InChI=1S/C35H46N8O7/c1-24-5-4-6-25(2)31(24)39-32-29-22-37-34(40-33(29)42(3)41-32)38-28-8-7-26-9-12-43(23-27(26)21-28)30(44)10-13-47-15-17-49-19-20-50-18-16-48-14-11-36-35(45)46/h4-8,21-22,36H,9-20,23H2,1-3H3,(H,39,41)(H,45,46)(H,37,38,40). The van der Waals surface area contributed by atoms with Crippen LogP contribution in [-0.4, -0.2) is 108 Å². The molecule has 1 aliphatic heterocycles. The smallest absolute Gasteiger partial charge is 0.404 e. The van der Waals surface area contributed by atoms with Crippen molar-refractivity contribution >= 4 is 46.2 Å². The van der Waals surface area contributed by atoms with Crippen LogP contribution >= 0.6 is 0 Å². The van der Waals surface area contributed by atoms with Crippen LogP contribution in [0.4, 0.5) is 27.9 Å². The van der Waals surface area contributed by atoms with Crippen LogP contribution in [0.3, 0.4) is 0 Å². The van der Waals surface area contributed by atoms with Crippen molar-refractivity contribution in [2.45, 2.75) is 33.2 Å². The van der Waals surface area contributed by atoms with Crippen LogP contribution in [0.2, 0.25) is 0 Å². The summed E-state index contributed by atoms with van der Waals surface area (Å²) in [5.74, 6) is 1.22. The molecule has 0 aliphatic carbocycles. The van der Waals surface area contributed by atoms with Crippen molar-refractivity contribution in [3.05, 3.63) is 64.8 Å². The number of para-hydroxylation sites is 1. The lowest BCUT2D eigenvalue weighted by Gasteiger charge is -2.29. The maximum atomic E-state index is 13.0. The summed E-state index contributed by atoms with van der Waals surface area (Å²) in [6.07, 6.45) is 1.80. The zero-order valence-corrected chi connectivity index (χ0v) is 28.9. The molecule has 2 aromatic heterocycles. The molecule has 0 bridgehead atoms. The van der Waals surface area contributed by atoms with E-state index in [0.717, 1.165) is 39.9 Å². The van der Waals surface area contributed by atoms with Crippen LogP contribution in [0, 0.1) is 13.8 Å². The molecule has 268 valence electrons.